The number of nitrogens with zero attached hydrogens (tertiary/aromatic N) is 2. The van der Waals surface area contributed by atoms with Crippen molar-refractivity contribution >= 4 is 0 Å². The Morgan fingerprint density at radius 3 is 2.58 bits per heavy atom. The van der Waals surface area contributed by atoms with Crippen LogP contribution in [0.5, 0.6) is 5.75 Å². The van der Waals surface area contributed by atoms with E-state index in [1.165, 1.54) is 16.8 Å². The van der Waals surface area contributed by atoms with Gasteiger partial charge in [-0.3, -0.25) is 4.68 Å². The molecule has 0 aliphatic rings. The van der Waals surface area contributed by atoms with Crippen molar-refractivity contribution in [2.75, 3.05) is 13.7 Å². The molecule has 1 aromatic heterocycles. The number of hydrogen-bond acceptors (Lipinski definition) is 3. The van der Waals surface area contributed by atoms with Crippen LogP contribution in [-0.2, 0) is 13.0 Å². The van der Waals surface area contributed by atoms with E-state index in [1.54, 1.807) is 7.11 Å². The highest BCUT2D eigenvalue weighted by Crippen LogP contribution is 2.30. The molecule has 0 aliphatic heterocycles. The van der Waals surface area contributed by atoms with Gasteiger partial charge in [0.15, 0.2) is 0 Å². The minimum atomic E-state index is 0.305. The average molecular weight is 349 g/mol. The van der Waals surface area contributed by atoms with Crippen LogP contribution in [0.25, 0.3) is 11.1 Å². The summed E-state index contributed by atoms with van der Waals surface area (Å²) in [4.78, 5) is 0. The van der Waals surface area contributed by atoms with E-state index in [4.69, 9.17) is 4.74 Å². The molecule has 0 radical (unpaired) electrons. The Morgan fingerprint density at radius 1 is 1.08 bits per heavy atom. The van der Waals surface area contributed by atoms with E-state index in [0.29, 0.717) is 6.04 Å². The first-order valence-corrected chi connectivity index (χ1v) is 9.20. The molecular formula is C22H27N3O. The number of hydrogen-bond donors (Lipinski definition) is 1. The van der Waals surface area contributed by atoms with Crippen molar-refractivity contribution in [2.24, 2.45) is 0 Å². The maximum absolute atomic E-state index is 5.47. The molecule has 2 aromatic carbocycles. The standard InChI is InChI=1S/C22H27N3O/c1-4-25-20(14-16-24-25)13-15-23-17(2)18-9-11-19(12-10-18)21-7-5-6-8-22(21)26-3/h5-12,14,16-17,23H,4,13,15H2,1-3H3. The largest absolute Gasteiger partial charge is 0.496 e. The molecule has 4 nitrogen and oxygen atoms in total. The first kappa shape index (κ1) is 18.2. The number of nitrogens with one attached hydrogen (secondary N) is 1. The van der Waals surface area contributed by atoms with Crippen LogP contribution in [0.15, 0.2) is 60.8 Å². The van der Waals surface area contributed by atoms with E-state index in [9.17, 15) is 0 Å². The fourth-order valence-electron chi connectivity index (χ4n) is 3.23. The van der Waals surface area contributed by atoms with Gasteiger partial charge in [-0.05, 0) is 37.1 Å². The smallest absolute Gasteiger partial charge is 0.126 e. The second kappa shape index (κ2) is 8.68. The van der Waals surface area contributed by atoms with Crippen LogP contribution in [0.4, 0.5) is 0 Å². The van der Waals surface area contributed by atoms with Crippen LogP contribution >= 0.6 is 0 Å². The molecule has 0 saturated carbocycles. The molecule has 1 atom stereocenters. The van der Waals surface area contributed by atoms with Gasteiger partial charge in [0.05, 0.1) is 7.11 Å². The highest BCUT2D eigenvalue weighted by Gasteiger charge is 2.08. The van der Waals surface area contributed by atoms with Gasteiger partial charge in [0.25, 0.3) is 0 Å². The number of methoxy groups -OCH3 is 1. The van der Waals surface area contributed by atoms with E-state index in [1.807, 2.05) is 29.1 Å². The molecular weight excluding hydrogens is 322 g/mol. The molecule has 3 aromatic rings. The SMILES string of the molecule is CCn1nccc1CCNC(C)c1ccc(-c2ccccc2OC)cc1. The number of para-hydroxylation sites is 1. The van der Waals surface area contributed by atoms with Crippen LogP contribution in [0.1, 0.15) is 31.1 Å². The average Bonchev–Trinajstić information content (AvgIpc) is 3.15. The van der Waals surface area contributed by atoms with Gasteiger partial charge in [0.2, 0.25) is 0 Å². The molecule has 0 fully saturated rings. The summed E-state index contributed by atoms with van der Waals surface area (Å²) in [6.45, 7) is 6.18. The van der Waals surface area contributed by atoms with E-state index in [2.05, 4.69) is 60.7 Å². The van der Waals surface area contributed by atoms with Crippen molar-refractivity contribution in [3.05, 3.63) is 72.1 Å². The summed E-state index contributed by atoms with van der Waals surface area (Å²) in [5, 5.41) is 7.93. The van der Waals surface area contributed by atoms with Crippen molar-refractivity contribution in [2.45, 2.75) is 32.9 Å². The van der Waals surface area contributed by atoms with Gasteiger partial charge in [-0.1, -0.05) is 42.5 Å². The molecule has 0 amide bonds. The first-order valence-electron chi connectivity index (χ1n) is 9.20. The lowest BCUT2D eigenvalue weighted by Crippen LogP contribution is -2.22. The van der Waals surface area contributed by atoms with Crippen molar-refractivity contribution in [3.63, 3.8) is 0 Å². The monoisotopic (exact) mass is 349 g/mol. The number of aryl methyl sites for hydroxylation is 1. The Kier molecular flexibility index (Phi) is 6.08. The van der Waals surface area contributed by atoms with Crippen molar-refractivity contribution in [1.29, 1.82) is 0 Å². The van der Waals surface area contributed by atoms with Crippen molar-refractivity contribution < 1.29 is 4.74 Å². The molecule has 136 valence electrons. The summed E-state index contributed by atoms with van der Waals surface area (Å²) in [7, 11) is 1.71. The zero-order valence-electron chi connectivity index (χ0n) is 15.8. The molecule has 0 saturated heterocycles. The van der Waals surface area contributed by atoms with Gasteiger partial charge in [-0.15, -0.1) is 0 Å². The van der Waals surface area contributed by atoms with Gasteiger partial charge >= 0.3 is 0 Å². The number of rotatable bonds is 8. The molecule has 26 heavy (non-hydrogen) atoms. The zero-order chi connectivity index (χ0) is 18.4. The van der Waals surface area contributed by atoms with Crippen LogP contribution < -0.4 is 10.1 Å². The minimum Gasteiger partial charge on any atom is -0.496 e. The fraction of sp³-hybridized carbons (Fsp3) is 0.318. The van der Waals surface area contributed by atoms with E-state index < -0.39 is 0 Å². The minimum absolute atomic E-state index is 0.305. The number of benzene rings is 2. The number of aromatic nitrogens is 2. The maximum atomic E-state index is 5.47. The molecule has 0 bridgehead atoms. The Balaban J connectivity index is 1.61. The lowest BCUT2D eigenvalue weighted by atomic mass is 10.0. The highest BCUT2D eigenvalue weighted by atomic mass is 16.5. The van der Waals surface area contributed by atoms with Crippen molar-refractivity contribution in [1.82, 2.24) is 15.1 Å². The summed E-state index contributed by atoms with van der Waals surface area (Å²) in [5.74, 6) is 0.902. The summed E-state index contributed by atoms with van der Waals surface area (Å²) in [5.41, 5.74) is 4.85. The van der Waals surface area contributed by atoms with Gasteiger partial charge in [0, 0.05) is 43.0 Å². The Labute approximate surface area is 155 Å². The van der Waals surface area contributed by atoms with Crippen molar-refractivity contribution in [3.8, 4) is 16.9 Å². The third-order valence-corrected chi connectivity index (χ3v) is 4.76. The normalized spacial score (nSPS) is 12.1. The predicted molar refractivity (Wildman–Crippen MR) is 106 cm³/mol. The van der Waals surface area contributed by atoms with E-state index in [-0.39, 0.29) is 0 Å². The van der Waals surface area contributed by atoms with Gasteiger partial charge in [0.1, 0.15) is 5.75 Å². The van der Waals surface area contributed by atoms with E-state index in [0.717, 1.165) is 30.8 Å². The van der Waals surface area contributed by atoms with Gasteiger partial charge < -0.3 is 10.1 Å². The number of ether oxygens (including phenoxy) is 1. The summed E-state index contributed by atoms with van der Waals surface area (Å²) in [6.07, 6.45) is 2.86. The zero-order valence-corrected chi connectivity index (χ0v) is 15.8. The van der Waals surface area contributed by atoms with Gasteiger partial charge in [-0.2, -0.15) is 5.10 Å². The summed E-state index contributed by atoms with van der Waals surface area (Å²) < 4.78 is 7.52. The molecule has 3 rings (SSSR count). The molecule has 0 spiro atoms. The Hall–Kier alpha value is -2.59. The first-order chi connectivity index (χ1) is 12.7. The third kappa shape index (κ3) is 4.14. The lowest BCUT2D eigenvalue weighted by Gasteiger charge is -2.15. The summed E-state index contributed by atoms with van der Waals surface area (Å²) >= 11 is 0. The van der Waals surface area contributed by atoms with Crippen LogP contribution in [0.3, 0.4) is 0 Å². The third-order valence-electron chi connectivity index (χ3n) is 4.76. The topological polar surface area (TPSA) is 39.1 Å². The fourth-order valence-corrected chi connectivity index (χ4v) is 3.23. The van der Waals surface area contributed by atoms with E-state index >= 15 is 0 Å². The van der Waals surface area contributed by atoms with Crippen LogP contribution in [0.2, 0.25) is 0 Å². The second-order valence-corrected chi connectivity index (χ2v) is 6.39. The molecule has 1 heterocycles. The Morgan fingerprint density at radius 2 is 1.85 bits per heavy atom. The molecule has 4 heteroatoms. The van der Waals surface area contributed by atoms with Crippen LogP contribution in [0, 0.1) is 0 Å². The maximum Gasteiger partial charge on any atom is 0.126 e. The molecule has 0 aliphatic carbocycles. The van der Waals surface area contributed by atoms with Crippen LogP contribution in [-0.4, -0.2) is 23.4 Å². The second-order valence-electron chi connectivity index (χ2n) is 6.39. The highest BCUT2D eigenvalue weighted by molar-refractivity contribution is 5.70. The van der Waals surface area contributed by atoms with Gasteiger partial charge in [-0.25, -0.2) is 0 Å². The summed E-state index contributed by atoms with van der Waals surface area (Å²) in [6, 6.07) is 19.2. The lowest BCUT2D eigenvalue weighted by molar-refractivity contribution is 0.416. The Bertz CT molecular complexity index is 823. The predicted octanol–water partition coefficient (Wildman–Crippen LogP) is 4.47. The molecule has 1 unspecified atom stereocenters. The quantitative estimate of drug-likeness (QED) is 0.652. The molecule has 1 N–H and O–H groups in total.